The highest BCUT2D eigenvalue weighted by atomic mass is 16.3. The summed E-state index contributed by atoms with van der Waals surface area (Å²) in [5.41, 5.74) is -0.342. The van der Waals surface area contributed by atoms with Crippen molar-refractivity contribution in [2.45, 2.75) is 53.5 Å². The molecule has 0 saturated carbocycles. The molecule has 1 aromatic rings. The van der Waals surface area contributed by atoms with Gasteiger partial charge in [-0.05, 0) is 30.4 Å². The number of nitrogens with one attached hydrogen (secondary N) is 1. The Kier molecular flexibility index (Phi) is 6.08. The first-order valence-corrected chi connectivity index (χ1v) is 8.89. The summed E-state index contributed by atoms with van der Waals surface area (Å²) in [6, 6.07) is 3.67. The summed E-state index contributed by atoms with van der Waals surface area (Å²) in [4.78, 5) is 26.7. The van der Waals surface area contributed by atoms with Crippen molar-refractivity contribution in [2.75, 3.05) is 13.1 Å². The van der Waals surface area contributed by atoms with Gasteiger partial charge >= 0.3 is 0 Å². The van der Waals surface area contributed by atoms with Gasteiger partial charge in [-0.25, -0.2) is 0 Å². The number of furan rings is 1. The van der Waals surface area contributed by atoms with Gasteiger partial charge in [-0.3, -0.25) is 9.59 Å². The lowest BCUT2D eigenvalue weighted by atomic mass is 9.80. The number of amides is 2. The lowest BCUT2D eigenvalue weighted by molar-refractivity contribution is -0.142. The number of nitrogens with zero attached hydrogens (tertiary/aromatic N) is 1. The van der Waals surface area contributed by atoms with Crippen LogP contribution in [0.3, 0.4) is 0 Å². The SMILES string of the molecule is CC[C@H]1CN(C(=O)C(C)(C)C)CC[C@H]1CC(=O)NCc1ccco1. The Hall–Kier alpha value is -1.78. The maximum absolute atomic E-state index is 12.5. The largest absolute Gasteiger partial charge is 0.467 e. The summed E-state index contributed by atoms with van der Waals surface area (Å²) >= 11 is 0. The van der Waals surface area contributed by atoms with Crippen molar-refractivity contribution in [1.82, 2.24) is 10.2 Å². The minimum atomic E-state index is -0.342. The molecule has 0 aliphatic carbocycles. The van der Waals surface area contributed by atoms with Crippen LogP contribution >= 0.6 is 0 Å². The molecule has 5 heteroatoms. The molecule has 134 valence electrons. The van der Waals surface area contributed by atoms with Crippen LogP contribution < -0.4 is 5.32 Å². The van der Waals surface area contributed by atoms with Crippen molar-refractivity contribution < 1.29 is 14.0 Å². The molecule has 1 saturated heterocycles. The first-order valence-electron chi connectivity index (χ1n) is 8.89. The van der Waals surface area contributed by atoms with Crippen molar-refractivity contribution in [3.05, 3.63) is 24.2 Å². The molecule has 2 rings (SSSR count). The molecule has 1 fully saturated rings. The molecule has 0 radical (unpaired) electrons. The first kappa shape index (κ1) is 18.6. The number of piperidine rings is 1. The summed E-state index contributed by atoms with van der Waals surface area (Å²) in [6.07, 6.45) is 4.02. The van der Waals surface area contributed by atoms with Gasteiger partial charge < -0.3 is 14.6 Å². The first-order chi connectivity index (χ1) is 11.3. The van der Waals surface area contributed by atoms with Crippen LogP contribution in [-0.4, -0.2) is 29.8 Å². The minimum absolute atomic E-state index is 0.0606. The second-order valence-corrected chi connectivity index (χ2v) is 7.78. The second kappa shape index (κ2) is 7.86. The molecule has 1 N–H and O–H groups in total. The van der Waals surface area contributed by atoms with Crippen LogP contribution in [-0.2, 0) is 16.1 Å². The van der Waals surface area contributed by atoms with Gasteiger partial charge in [0.1, 0.15) is 5.76 Å². The smallest absolute Gasteiger partial charge is 0.227 e. The van der Waals surface area contributed by atoms with Gasteiger partial charge in [0.15, 0.2) is 0 Å². The van der Waals surface area contributed by atoms with Crippen molar-refractivity contribution in [2.24, 2.45) is 17.3 Å². The zero-order chi connectivity index (χ0) is 17.7. The van der Waals surface area contributed by atoms with Crippen molar-refractivity contribution in [3.63, 3.8) is 0 Å². The van der Waals surface area contributed by atoms with Crippen LogP contribution in [0.5, 0.6) is 0 Å². The highest BCUT2D eigenvalue weighted by Gasteiger charge is 2.35. The number of likely N-dealkylation sites (tertiary alicyclic amines) is 1. The van der Waals surface area contributed by atoms with Gasteiger partial charge in [-0.1, -0.05) is 34.1 Å². The van der Waals surface area contributed by atoms with Crippen LogP contribution in [0.25, 0.3) is 0 Å². The minimum Gasteiger partial charge on any atom is -0.467 e. The van der Waals surface area contributed by atoms with E-state index in [1.54, 1.807) is 6.26 Å². The molecule has 0 bridgehead atoms. The van der Waals surface area contributed by atoms with E-state index in [4.69, 9.17) is 4.42 Å². The lowest BCUT2D eigenvalue weighted by Crippen LogP contribution is -2.48. The van der Waals surface area contributed by atoms with Gasteiger partial charge in [-0.15, -0.1) is 0 Å². The maximum Gasteiger partial charge on any atom is 0.227 e. The molecular formula is C19H30N2O3. The Bertz CT molecular complexity index is 545. The van der Waals surface area contributed by atoms with Gasteiger partial charge in [0, 0.05) is 24.9 Å². The standard InChI is InChI=1S/C19H30N2O3/c1-5-14-13-21(18(23)19(2,3)4)9-8-15(14)11-17(22)20-12-16-7-6-10-24-16/h6-7,10,14-15H,5,8-9,11-13H2,1-4H3,(H,20,22)/t14-,15-/m0/s1. The van der Waals surface area contributed by atoms with E-state index < -0.39 is 0 Å². The predicted octanol–water partition coefficient (Wildman–Crippen LogP) is 3.21. The average Bonchev–Trinajstić information content (AvgIpc) is 3.05. The van der Waals surface area contributed by atoms with Crippen LogP contribution in [0.1, 0.15) is 52.7 Å². The number of carbonyl (C=O) groups excluding carboxylic acids is 2. The van der Waals surface area contributed by atoms with Crippen molar-refractivity contribution in [1.29, 1.82) is 0 Å². The summed E-state index contributed by atoms with van der Waals surface area (Å²) in [6.45, 7) is 9.98. The monoisotopic (exact) mass is 334 g/mol. The number of hydrogen-bond acceptors (Lipinski definition) is 3. The fourth-order valence-corrected chi connectivity index (χ4v) is 3.38. The Morgan fingerprint density at radius 3 is 2.67 bits per heavy atom. The highest BCUT2D eigenvalue weighted by Crippen LogP contribution is 2.31. The molecule has 0 spiro atoms. The third-order valence-corrected chi connectivity index (χ3v) is 4.83. The zero-order valence-electron chi connectivity index (χ0n) is 15.3. The zero-order valence-corrected chi connectivity index (χ0v) is 15.3. The van der Waals surface area contributed by atoms with Gasteiger partial charge in [0.25, 0.3) is 0 Å². The molecule has 24 heavy (non-hydrogen) atoms. The van der Waals surface area contributed by atoms with Crippen LogP contribution in [0.4, 0.5) is 0 Å². The Labute approximate surface area is 144 Å². The van der Waals surface area contributed by atoms with Gasteiger partial charge in [0.2, 0.25) is 11.8 Å². The molecule has 2 heterocycles. The van der Waals surface area contributed by atoms with Gasteiger partial charge in [-0.2, -0.15) is 0 Å². The normalized spacial score (nSPS) is 21.6. The lowest BCUT2D eigenvalue weighted by Gasteiger charge is -2.40. The molecule has 2 atom stereocenters. The Morgan fingerprint density at radius 2 is 2.08 bits per heavy atom. The fourth-order valence-electron chi connectivity index (χ4n) is 3.38. The fraction of sp³-hybridized carbons (Fsp3) is 0.684. The van der Waals surface area contributed by atoms with Crippen LogP contribution in [0.2, 0.25) is 0 Å². The number of hydrogen-bond donors (Lipinski definition) is 1. The predicted molar refractivity (Wildman–Crippen MR) is 93.1 cm³/mol. The molecule has 0 aromatic carbocycles. The summed E-state index contributed by atoms with van der Waals surface area (Å²) in [5, 5.41) is 2.92. The van der Waals surface area contributed by atoms with E-state index >= 15 is 0 Å². The van der Waals surface area contributed by atoms with Crippen LogP contribution in [0.15, 0.2) is 22.8 Å². The highest BCUT2D eigenvalue weighted by molar-refractivity contribution is 5.81. The Morgan fingerprint density at radius 1 is 1.33 bits per heavy atom. The van der Waals surface area contributed by atoms with E-state index in [0.717, 1.165) is 31.7 Å². The van der Waals surface area contributed by atoms with E-state index in [-0.39, 0.29) is 17.2 Å². The number of carbonyl (C=O) groups is 2. The molecule has 0 unspecified atom stereocenters. The topological polar surface area (TPSA) is 62.6 Å². The third kappa shape index (κ3) is 4.86. The van der Waals surface area contributed by atoms with E-state index in [9.17, 15) is 9.59 Å². The summed E-state index contributed by atoms with van der Waals surface area (Å²) < 4.78 is 5.23. The maximum atomic E-state index is 12.5. The van der Waals surface area contributed by atoms with Crippen molar-refractivity contribution in [3.8, 4) is 0 Å². The van der Waals surface area contributed by atoms with Gasteiger partial charge in [0.05, 0.1) is 12.8 Å². The second-order valence-electron chi connectivity index (χ2n) is 7.78. The molecular weight excluding hydrogens is 304 g/mol. The van der Waals surface area contributed by atoms with E-state index in [1.807, 2.05) is 37.8 Å². The Balaban J connectivity index is 1.85. The average molecular weight is 334 g/mol. The van der Waals surface area contributed by atoms with Crippen LogP contribution in [0, 0.1) is 17.3 Å². The third-order valence-electron chi connectivity index (χ3n) is 4.83. The molecule has 1 aromatic heterocycles. The molecule has 1 aliphatic heterocycles. The number of rotatable bonds is 5. The van der Waals surface area contributed by atoms with Crippen molar-refractivity contribution >= 4 is 11.8 Å². The van der Waals surface area contributed by atoms with E-state index in [2.05, 4.69) is 12.2 Å². The van der Waals surface area contributed by atoms with E-state index in [1.165, 1.54) is 0 Å². The summed E-state index contributed by atoms with van der Waals surface area (Å²) in [7, 11) is 0. The molecule has 2 amide bonds. The molecule has 1 aliphatic rings. The van der Waals surface area contributed by atoms with E-state index in [0.29, 0.717) is 24.8 Å². The quantitative estimate of drug-likeness (QED) is 0.899. The summed E-state index contributed by atoms with van der Waals surface area (Å²) in [5.74, 6) is 1.77. The molecule has 5 nitrogen and oxygen atoms in total.